The second-order valence-electron chi connectivity index (χ2n) is 4.55. The van der Waals surface area contributed by atoms with Crippen LogP contribution in [0.25, 0.3) is 0 Å². The molecular weight excluding hydrogens is 258 g/mol. The minimum absolute atomic E-state index is 0.0399. The number of nitrogens with one attached hydrogen (secondary N) is 1. The Bertz CT molecular complexity index is 467. The molecule has 1 atom stereocenters. The number of halogens is 2. The molecule has 5 nitrogen and oxygen atoms in total. The highest BCUT2D eigenvalue weighted by Crippen LogP contribution is 2.30. The summed E-state index contributed by atoms with van der Waals surface area (Å²) in [5.41, 5.74) is -1.00. The largest absolute Gasteiger partial charge is 0.396 e. The second-order valence-corrected chi connectivity index (χ2v) is 4.55. The van der Waals surface area contributed by atoms with Crippen LogP contribution in [-0.2, 0) is 0 Å². The van der Waals surface area contributed by atoms with Gasteiger partial charge in [-0.25, -0.2) is 4.39 Å². The summed E-state index contributed by atoms with van der Waals surface area (Å²) < 4.78 is 26.6. The molecule has 0 spiro atoms. The van der Waals surface area contributed by atoms with Crippen molar-refractivity contribution in [3.63, 3.8) is 0 Å². The Labute approximate surface area is 109 Å². The summed E-state index contributed by atoms with van der Waals surface area (Å²) in [7, 11) is 0. The van der Waals surface area contributed by atoms with Crippen LogP contribution in [0.2, 0.25) is 0 Å². The van der Waals surface area contributed by atoms with Crippen LogP contribution in [0.5, 0.6) is 0 Å². The first kappa shape index (κ1) is 15.3. The Hall–Kier alpha value is -1.76. The van der Waals surface area contributed by atoms with Gasteiger partial charge in [-0.15, -0.1) is 0 Å². The summed E-state index contributed by atoms with van der Waals surface area (Å²) in [5, 5.41) is 22.5. The van der Waals surface area contributed by atoms with Crippen LogP contribution in [-0.4, -0.2) is 22.7 Å². The third-order valence-electron chi connectivity index (χ3n) is 2.80. The van der Waals surface area contributed by atoms with Gasteiger partial charge in [0.15, 0.2) is 0 Å². The van der Waals surface area contributed by atoms with Gasteiger partial charge in [-0.3, -0.25) is 10.1 Å². The first-order chi connectivity index (χ1) is 8.86. The number of hydrogen-bond donors (Lipinski definition) is 2. The fourth-order valence-electron chi connectivity index (χ4n) is 1.77. The van der Waals surface area contributed by atoms with E-state index in [1.54, 1.807) is 0 Å². The molecule has 0 aliphatic rings. The van der Waals surface area contributed by atoms with Crippen LogP contribution in [0.1, 0.15) is 20.3 Å². The van der Waals surface area contributed by atoms with Crippen molar-refractivity contribution in [1.29, 1.82) is 0 Å². The standard InChI is InChI=1S/C12H16F2N2O3/c1-7(2)10(3-4-17)15-11-6-8(13)5-9(14)12(11)16(18)19/h5-7,10,15,17H,3-4H2,1-2H3. The average molecular weight is 274 g/mol. The average Bonchev–Trinajstić information content (AvgIpc) is 2.26. The number of nitro groups is 1. The summed E-state index contributed by atoms with van der Waals surface area (Å²) in [6.45, 7) is 3.56. The third kappa shape index (κ3) is 3.85. The zero-order valence-electron chi connectivity index (χ0n) is 10.7. The van der Waals surface area contributed by atoms with E-state index in [1.165, 1.54) is 0 Å². The Morgan fingerprint density at radius 3 is 2.53 bits per heavy atom. The van der Waals surface area contributed by atoms with E-state index >= 15 is 0 Å². The monoisotopic (exact) mass is 274 g/mol. The van der Waals surface area contributed by atoms with E-state index in [2.05, 4.69) is 5.32 Å². The van der Waals surface area contributed by atoms with Crippen LogP contribution in [0.4, 0.5) is 20.2 Å². The van der Waals surface area contributed by atoms with Crippen molar-refractivity contribution in [3.8, 4) is 0 Å². The van der Waals surface area contributed by atoms with Gasteiger partial charge in [0.05, 0.1) is 4.92 Å². The first-order valence-corrected chi connectivity index (χ1v) is 5.87. The lowest BCUT2D eigenvalue weighted by Gasteiger charge is -2.22. The summed E-state index contributed by atoms with van der Waals surface area (Å²) in [5.74, 6) is -2.07. The molecule has 106 valence electrons. The summed E-state index contributed by atoms with van der Waals surface area (Å²) in [4.78, 5) is 9.92. The number of rotatable bonds is 6. The van der Waals surface area contributed by atoms with Crippen molar-refractivity contribution in [1.82, 2.24) is 0 Å². The highest BCUT2D eigenvalue weighted by atomic mass is 19.1. The summed E-state index contributed by atoms with van der Waals surface area (Å²) in [6, 6.07) is 1.04. The topological polar surface area (TPSA) is 75.4 Å². The predicted octanol–water partition coefficient (Wildman–Crippen LogP) is 2.69. The molecule has 0 saturated carbocycles. The van der Waals surface area contributed by atoms with Gasteiger partial charge in [-0.05, 0) is 12.3 Å². The molecule has 1 unspecified atom stereocenters. The fourth-order valence-corrected chi connectivity index (χ4v) is 1.77. The molecule has 0 aliphatic carbocycles. The highest BCUT2D eigenvalue weighted by Gasteiger charge is 2.24. The maximum atomic E-state index is 13.4. The lowest BCUT2D eigenvalue weighted by molar-refractivity contribution is -0.386. The zero-order valence-corrected chi connectivity index (χ0v) is 10.7. The molecule has 1 rings (SSSR count). The van der Waals surface area contributed by atoms with Gasteiger partial charge in [-0.2, -0.15) is 4.39 Å². The van der Waals surface area contributed by atoms with Crippen molar-refractivity contribution in [2.75, 3.05) is 11.9 Å². The predicted molar refractivity (Wildman–Crippen MR) is 67.0 cm³/mol. The fraction of sp³-hybridized carbons (Fsp3) is 0.500. The molecule has 1 aromatic carbocycles. The Morgan fingerprint density at radius 1 is 1.42 bits per heavy atom. The lowest BCUT2D eigenvalue weighted by atomic mass is 10.0. The number of aliphatic hydroxyl groups is 1. The van der Waals surface area contributed by atoms with Crippen molar-refractivity contribution in [3.05, 3.63) is 33.9 Å². The molecule has 0 amide bonds. The van der Waals surface area contributed by atoms with Crippen LogP contribution < -0.4 is 5.32 Å². The molecule has 7 heteroatoms. The minimum atomic E-state index is -1.22. The number of nitro benzene ring substituents is 1. The smallest absolute Gasteiger partial charge is 0.327 e. The van der Waals surface area contributed by atoms with E-state index in [1.807, 2.05) is 13.8 Å². The normalized spacial score (nSPS) is 12.5. The van der Waals surface area contributed by atoms with Crippen LogP contribution in [0.15, 0.2) is 12.1 Å². The number of benzene rings is 1. The molecule has 0 radical (unpaired) electrons. The highest BCUT2D eigenvalue weighted by molar-refractivity contribution is 5.62. The van der Waals surface area contributed by atoms with E-state index < -0.39 is 22.2 Å². The van der Waals surface area contributed by atoms with Crippen molar-refractivity contribution >= 4 is 11.4 Å². The maximum absolute atomic E-state index is 13.4. The Morgan fingerprint density at radius 2 is 2.05 bits per heavy atom. The third-order valence-corrected chi connectivity index (χ3v) is 2.80. The first-order valence-electron chi connectivity index (χ1n) is 5.87. The molecule has 0 saturated heterocycles. The van der Waals surface area contributed by atoms with E-state index in [-0.39, 0.29) is 24.3 Å². The van der Waals surface area contributed by atoms with Crippen molar-refractivity contribution in [2.24, 2.45) is 5.92 Å². The molecule has 0 bridgehead atoms. The minimum Gasteiger partial charge on any atom is -0.396 e. The quantitative estimate of drug-likeness (QED) is 0.617. The van der Waals surface area contributed by atoms with Gasteiger partial charge in [0.2, 0.25) is 5.82 Å². The second kappa shape index (κ2) is 6.42. The number of anilines is 1. The Kier molecular flexibility index (Phi) is 5.17. The molecule has 0 fully saturated rings. The molecule has 2 N–H and O–H groups in total. The van der Waals surface area contributed by atoms with Crippen molar-refractivity contribution in [2.45, 2.75) is 26.3 Å². The zero-order chi connectivity index (χ0) is 14.6. The molecule has 19 heavy (non-hydrogen) atoms. The molecular formula is C12H16F2N2O3. The van der Waals surface area contributed by atoms with E-state index in [0.29, 0.717) is 12.5 Å². The number of aliphatic hydroxyl groups excluding tert-OH is 1. The van der Waals surface area contributed by atoms with Gasteiger partial charge in [0, 0.05) is 24.8 Å². The number of hydrogen-bond acceptors (Lipinski definition) is 4. The summed E-state index contributed by atoms with van der Waals surface area (Å²) in [6.07, 6.45) is 0.326. The van der Waals surface area contributed by atoms with E-state index in [0.717, 1.165) is 6.07 Å². The van der Waals surface area contributed by atoms with E-state index in [4.69, 9.17) is 5.11 Å². The van der Waals surface area contributed by atoms with Gasteiger partial charge in [0.1, 0.15) is 11.5 Å². The van der Waals surface area contributed by atoms with Crippen LogP contribution in [0.3, 0.4) is 0 Å². The maximum Gasteiger partial charge on any atom is 0.327 e. The molecule has 0 heterocycles. The van der Waals surface area contributed by atoms with Gasteiger partial charge in [-0.1, -0.05) is 13.8 Å². The number of nitrogens with zero attached hydrogens (tertiary/aromatic N) is 1. The van der Waals surface area contributed by atoms with Gasteiger partial charge in [0.25, 0.3) is 0 Å². The SMILES string of the molecule is CC(C)C(CCO)Nc1cc(F)cc(F)c1[N+](=O)[O-]. The van der Waals surface area contributed by atoms with Gasteiger partial charge < -0.3 is 10.4 Å². The Balaban J connectivity index is 3.14. The molecule has 0 aromatic heterocycles. The van der Waals surface area contributed by atoms with Crippen LogP contribution in [0, 0.1) is 27.7 Å². The van der Waals surface area contributed by atoms with Crippen molar-refractivity contribution < 1.29 is 18.8 Å². The van der Waals surface area contributed by atoms with Crippen LogP contribution >= 0.6 is 0 Å². The molecule has 0 aliphatic heterocycles. The summed E-state index contributed by atoms with van der Waals surface area (Å²) >= 11 is 0. The lowest BCUT2D eigenvalue weighted by Crippen LogP contribution is -2.27. The van der Waals surface area contributed by atoms with Gasteiger partial charge >= 0.3 is 5.69 Å². The van der Waals surface area contributed by atoms with E-state index in [9.17, 15) is 18.9 Å². The molecule has 1 aromatic rings.